The van der Waals surface area contributed by atoms with E-state index in [1.807, 2.05) is 0 Å². The van der Waals surface area contributed by atoms with Gasteiger partial charge in [0, 0.05) is 33.9 Å². The van der Waals surface area contributed by atoms with Crippen molar-refractivity contribution in [3.8, 4) is 0 Å². The molecule has 0 aromatic rings. The van der Waals surface area contributed by atoms with E-state index in [0.717, 1.165) is 6.42 Å². The topological polar surface area (TPSA) is 44.8 Å². The van der Waals surface area contributed by atoms with Crippen molar-refractivity contribution < 1.29 is 19.0 Å². The second kappa shape index (κ2) is 5.32. The van der Waals surface area contributed by atoms with E-state index in [1.165, 1.54) is 7.11 Å². The molecule has 0 saturated heterocycles. The summed E-state index contributed by atoms with van der Waals surface area (Å²) in [4.78, 5) is 10.9. The van der Waals surface area contributed by atoms with Gasteiger partial charge in [0.2, 0.25) is 0 Å². The van der Waals surface area contributed by atoms with Crippen LogP contribution in [0.5, 0.6) is 0 Å². The van der Waals surface area contributed by atoms with E-state index >= 15 is 0 Å². The van der Waals surface area contributed by atoms with Crippen molar-refractivity contribution in [2.75, 3.05) is 27.4 Å². The Balaban J connectivity index is 2.06. The molecule has 1 fully saturated rings. The van der Waals surface area contributed by atoms with Gasteiger partial charge in [0.25, 0.3) is 0 Å². The van der Waals surface area contributed by atoms with E-state index in [9.17, 15) is 4.79 Å². The number of methoxy groups -OCH3 is 2. The molecule has 0 radical (unpaired) electrons. The summed E-state index contributed by atoms with van der Waals surface area (Å²) in [5, 5.41) is 0. The van der Waals surface area contributed by atoms with Crippen molar-refractivity contribution in [3.05, 3.63) is 0 Å². The molecule has 1 rings (SSSR count). The summed E-state index contributed by atoms with van der Waals surface area (Å²) < 4.78 is 15.3. The fraction of sp³-hybridized carbons (Fsp3) is 0.889. The maximum atomic E-state index is 10.9. The van der Waals surface area contributed by atoms with Crippen molar-refractivity contribution in [1.82, 2.24) is 0 Å². The van der Waals surface area contributed by atoms with Gasteiger partial charge in [-0.05, 0) is 6.42 Å². The molecule has 1 saturated carbocycles. The minimum atomic E-state index is -0.331. The highest BCUT2D eigenvalue weighted by Gasteiger charge is 2.40. The summed E-state index contributed by atoms with van der Waals surface area (Å²) in [5.41, 5.74) is 0. The number of hydrogen-bond acceptors (Lipinski definition) is 4. The molecule has 0 heterocycles. The van der Waals surface area contributed by atoms with Crippen LogP contribution in [0.1, 0.15) is 12.8 Å². The third kappa shape index (κ3) is 2.76. The smallest absolute Gasteiger partial charge is 0.166 e. The van der Waals surface area contributed by atoms with Crippen LogP contribution in [0.25, 0.3) is 0 Å². The minimum absolute atomic E-state index is 0.0330. The zero-order valence-electron chi connectivity index (χ0n) is 8.12. The first-order chi connectivity index (χ1) is 6.29. The lowest BCUT2D eigenvalue weighted by molar-refractivity contribution is -0.161. The van der Waals surface area contributed by atoms with E-state index in [0.29, 0.717) is 19.6 Å². The van der Waals surface area contributed by atoms with Gasteiger partial charge in [-0.1, -0.05) is 0 Å². The molecule has 13 heavy (non-hydrogen) atoms. The molecule has 2 atom stereocenters. The number of ketones is 1. The first-order valence-corrected chi connectivity index (χ1v) is 4.45. The Morgan fingerprint density at radius 3 is 2.69 bits per heavy atom. The Bertz CT molecular complexity index is 169. The molecule has 0 aliphatic heterocycles. The average molecular weight is 188 g/mol. The predicted octanol–water partition coefficient (Wildman–Crippen LogP) is 0.396. The van der Waals surface area contributed by atoms with E-state index < -0.39 is 0 Å². The molecule has 2 unspecified atom stereocenters. The first kappa shape index (κ1) is 10.6. The van der Waals surface area contributed by atoms with Gasteiger partial charge in [0.05, 0.1) is 6.10 Å². The lowest BCUT2D eigenvalue weighted by atomic mass is 9.90. The Hall–Kier alpha value is -0.450. The fourth-order valence-electron chi connectivity index (χ4n) is 1.34. The van der Waals surface area contributed by atoms with Crippen LogP contribution in [-0.4, -0.2) is 45.4 Å². The first-order valence-electron chi connectivity index (χ1n) is 4.45. The quantitative estimate of drug-likeness (QED) is 0.566. The van der Waals surface area contributed by atoms with Crippen LogP contribution in [0.4, 0.5) is 0 Å². The molecule has 0 bridgehead atoms. The molecule has 1 aliphatic rings. The minimum Gasteiger partial charge on any atom is -0.385 e. The van der Waals surface area contributed by atoms with Crippen LogP contribution >= 0.6 is 0 Å². The van der Waals surface area contributed by atoms with E-state index in [-0.39, 0.29) is 18.0 Å². The predicted molar refractivity (Wildman–Crippen MR) is 46.7 cm³/mol. The fourth-order valence-corrected chi connectivity index (χ4v) is 1.34. The lowest BCUT2D eigenvalue weighted by Gasteiger charge is -2.33. The number of carbonyl (C=O) groups excluding carboxylic acids is 1. The van der Waals surface area contributed by atoms with Crippen LogP contribution in [-0.2, 0) is 19.0 Å². The van der Waals surface area contributed by atoms with Crippen LogP contribution in [0, 0.1) is 0 Å². The van der Waals surface area contributed by atoms with Gasteiger partial charge in [0.1, 0.15) is 6.10 Å². The molecule has 76 valence electrons. The van der Waals surface area contributed by atoms with E-state index in [4.69, 9.17) is 14.2 Å². The summed E-state index contributed by atoms with van der Waals surface area (Å²) in [6.07, 6.45) is 0.986. The lowest BCUT2D eigenvalue weighted by Crippen LogP contribution is -2.50. The van der Waals surface area contributed by atoms with Gasteiger partial charge >= 0.3 is 0 Å². The number of ether oxygens (including phenoxy) is 3. The van der Waals surface area contributed by atoms with Crippen molar-refractivity contribution in [3.63, 3.8) is 0 Å². The molecule has 4 heteroatoms. The van der Waals surface area contributed by atoms with E-state index in [2.05, 4.69) is 0 Å². The summed E-state index contributed by atoms with van der Waals surface area (Å²) in [6.45, 7) is 1.32. The van der Waals surface area contributed by atoms with Crippen molar-refractivity contribution in [2.24, 2.45) is 0 Å². The summed E-state index contributed by atoms with van der Waals surface area (Å²) >= 11 is 0. The molecule has 1 aliphatic carbocycles. The number of Topliss-reactive ketones (excluding diaryl/α,β-unsaturated/α-hetero) is 1. The van der Waals surface area contributed by atoms with Crippen molar-refractivity contribution in [2.45, 2.75) is 25.0 Å². The Morgan fingerprint density at radius 1 is 1.38 bits per heavy atom. The molecular weight excluding hydrogens is 172 g/mol. The SMILES string of the molecule is COCCCOC1CC(=O)C1OC. The van der Waals surface area contributed by atoms with Crippen LogP contribution in [0.2, 0.25) is 0 Å². The van der Waals surface area contributed by atoms with Crippen molar-refractivity contribution in [1.29, 1.82) is 0 Å². The molecular formula is C9H16O4. The molecule has 0 spiro atoms. The van der Waals surface area contributed by atoms with E-state index in [1.54, 1.807) is 7.11 Å². The average Bonchev–Trinajstić information content (AvgIpc) is 2.11. The highest BCUT2D eigenvalue weighted by atomic mass is 16.5. The van der Waals surface area contributed by atoms with Gasteiger partial charge < -0.3 is 14.2 Å². The molecule has 0 aromatic carbocycles. The molecule has 4 nitrogen and oxygen atoms in total. The van der Waals surface area contributed by atoms with Crippen LogP contribution < -0.4 is 0 Å². The Morgan fingerprint density at radius 2 is 2.15 bits per heavy atom. The maximum Gasteiger partial charge on any atom is 0.166 e. The standard InChI is InChI=1S/C9H16O4/c1-11-4-3-5-13-8-6-7(10)9(8)12-2/h8-9H,3-6H2,1-2H3. The van der Waals surface area contributed by atoms with Crippen molar-refractivity contribution >= 4 is 5.78 Å². The molecule has 0 amide bonds. The normalized spacial score (nSPS) is 27.4. The zero-order chi connectivity index (χ0) is 9.68. The maximum absolute atomic E-state index is 10.9. The highest BCUT2D eigenvalue weighted by Crippen LogP contribution is 2.22. The second-order valence-corrected chi connectivity index (χ2v) is 3.08. The molecule has 0 aromatic heterocycles. The largest absolute Gasteiger partial charge is 0.385 e. The van der Waals surface area contributed by atoms with Crippen LogP contribution in [0.15, 0.2) is 0 Å². The van der Waals surface area contributed by atoms with Crippen LogP contribution in [0.3, 0.4) is 0 Å². The third-order valence-corrected chi connectivity index (χ3v) is 2.14. The number of rotatable bonds is 6. The van der Waals surface area contributed by atoms with Gasteiger partial charge in [-0.15, -0.1) is 0 Å². The number of carbonyl (C=O) groups is 1. The summed E-state index contributed by atoms with van der Waals surface area (Å²) in [7, 11) is 3.19. The Kier molecular flexibility index (Phi) is 4.35. The summed E-state index contributed by atoms with van der Waals surface area (Å²) in [5.74, 6) is 0.138. The van der Waals surface area contributed by atoms with Gasteiger partial charge in [0.15, 0.2) is 5.78 Å². The zero-order valence-corrected chi connectivity index (χ0v) is 8.12. The van der Waals surface area contributed by atoms with Gasteiger partial charge in [-0.2, -0.15) is 0 Å². The third-order valence-electron chi connectivity index (χ3n) is 2.14. The monoisotopic (exact) mass is 188 g/mol. The summed E-state index contributed by atoms with van der Waals surface area (Å²) in [6, 6.07) is 0. The number of hydrogen-bond donors (Lipinski definition) is 0. The van der Waals surface area contributed by atoms with Gasteiger partial charge in [-0.25, -0.2) is 0 Å². The van der Waals surface area contributed by atoms with Gasteiger partial charge in [-0.3, -0.25) is 4.79 Å². The Labute approximate surface area is 78.2 Å². The molecule has 0 N–H and O–H groups in total. The second-order valence-electron chi connectivity index (χ2n) is 3.08. The highest BCUT2D eigenvalue weighted by molar-refractivity contribution is 5.90.